The number of fused-ring (bicyclic) bond motifs is 1. The summed E-state index contributed by atoms with van der Waals surface area (Å²) in [5.74, 6) is 2.97. The number of nitrogens with zero attached hydrogens (tertiary/aromatic N) is 3. The number of aromatic nitrogens is 3. The zero-order chi connectivity index (χ0) is 22.2. The first-order valence-corrected chi connectivity index (χ1v) is 12.2. The molecule has 166 valence electrons. The van der Waals surface area contributed by atoms with E-state index in [1.807, 2.05) is 30.1 Å². The highest BCUT2D eigenvalue weighted by Crippen LogP contribution is 2.36. The van der Waals surface area contributed by atoms with Crippen molar-refractivity contribution in [3.05, 3.63) is 72.7 Å². The number of nitrogens with one attached hydrogen (secondary N) is 1. The van der Waals surface area contributed by atoms with Crippen LogP contribution in [0, 0.1) is 0 Å². The Morgan fingerprint density at radius 2 is 1.94 bits per heavy atom. The van der Waals surface area contributed by atoms with Gasteiger partial charge in [-0.3, -0.25) is 9.38 Å². The molecule has 0 unspecified atom stereocenters. The predicted octanol–water partition coefficient (Wildman–Crippen LogP) is 6.69. The van der Waals surface area contributed by atoms with Gasteiger partial charge in [-0.2, -0.15) is 0 Å². The van der Waals surface area contributed by atoms with Crippen molar-refractivity contribution < 1.29 is 4.74 Å². The van der Waals surface area contributed by atoms with E-state index in [0.717, 1.165) is 45.7 Å². The maximum Gasteiger partial charge on any atom is 0.157 e. The molecule has 0 bridgehead atoms. The highest BCUT2D eigenvalue weighted by atomic mass is 32.2. The molecule has 4 rings (SSSR count). The maximum absolute atomic E-state index is 5.64. The van der Waals surface area contributed by atoms with Gasteiger partial charge < -0.3 is 10.1 Å². The molecule has 0 amide bonds. The lowest BCUT2D eigenvalue weighted by molar-refractivity contribution is 0.405. The second-order valence-corrected chi connectivity index (χ2v) is 8.86. The summed E-state index contributed by atoms with van der Waals surface area (Å²) in [5, 5.41) is 3.60. The summed E-state index contributed by atoms with van der Waals surface area (Å²) >= 11 is 1.86. The average Bonchev–Trinajstić information content (AvgIpc) is 3.22. The highest BCUT2D eigenvalue weighted by Gasteiger charge is 2.16. The maximum atomic E-state index is 5.64. The molecular formula is C26H30N4OS. The van der Waals surface area contributed by atoms with E-state index in [9.17, 15) is 0 Å². The minimum absolute atomic E-state index is 0.721. The molecule has 0 saturated carbocycles. The summed E-state index contributed by atoms with van der Waals surface area (Å²) in [6.45, 7) is 2.96. The lowest BCUT2D eigenvalue weighted by atomic mass is 10.1. The minimum Gasteiger partial charge on any atom is -0.496 e. The molecule has 0 spiro atoms. The minimum atomic E-state index is 0.721. The van der Waals surface area contributed by atoms with Gasteiger partial charge in [0.05, 0.1) is 18.2 Å². The number of ether oxygens (including phenoxy) is 1. The van der Waals surface area contributed by atoms with Crippen molar-refractivity contribution in [1.29, 1.82) is 0 Å². The molecule has 2 aromatic carbocycles. The molecule has 0 atom stereocenters. The Morgan fingerprint density at radius 1 is 1.06 bits per heavy atom. The molecule has 32 heavy (non-hydrogen) atoms. The number of hydrogen-bond donors (Lipinski definition) is 1. The number of benzene rings is 2. The summed E-state index contributed by atoms with van der Waals surface area (Å²) in [4.78, 5) is 10.3. The predicted molar refractivity (Wildman–Crippen MR) is 134 cm³/mol. The van der Waals surface area contributed by atoms with E-state index < -0.39 is 0 Å². The third kappa shape index (κ3) is 5.25. The van der Waals surface area contributed by atoms with Gasteiger partial charge in [-0.25, -0.2) is 4.98 Å². The molecule has 4 aromatic rings. The van der Waals surface area contributed by atoms with Crippen LogP contribution in [0.1, 0.15) is 38.2 Å². The van der Waals surface area contributed by atoms with Crippen molar-refractivity contribution in [2.24, 2.45) is 0 Å². The first-order valence-electron chi connectivity index (χ1n) is 11.2. The molecule has 2 heterocycles. The molecule has 0 fully saturated rings. The van der Waals surface area contributed by atoms with E-state index in [0.29, 0.717) is 0 Å². The van der Waals surface area contributed by atoms with Crippen molar-refractivity contribution in [1.82, 2.24) is 14.4 Å². The van der Waals surface area contributed by atoms with Crippen molar-refractivity contribution in [2.45, 2.75) is 44.0 Å². The number of imidazole rings is 1. The van der Waals surface area contributed by atoms with Gasteiger partial charge in [-0.05, 0) is 35.9 Å². The molecule has 5 nitrogen and oxygen atoms in total. The molecule has 0 aliphatic rings. The standard InChI is InChI=1S/C26H30N4OS/c1-3-4-5-9-16-32-23-17-21(12-13-22(23)31-2)25-26(28-18-20-10-7-6-8-11-20)30-15-14-27-19-24(30)29-25/h6-8,10-15,17,19,28H,3-5,9,16,18H2,1-2H3. The zero-order valence-electron chi connectivity index (χ0n) is 18.8. The zero-order valence-corrected chi connectivity index (χ0v) is 19.6. The molecular weight excluding hydrogens is 416 g/mol. The summed E-state index contributed by atoms with van der Waals surface area (Å²) in [7, 11) is 1.74. The first kappa shape index (κ1) is 22.2. The van der Waals surface area contributed by atoms with Gasteiger partial charge in [0.1, 0.15) is 17.3 Å². The molecule has 0 aliphatic carbocycles. The van der Waals surface area contributed by atoms with Crippen molar-refractivity contribution in [2.75, 3.05) is 18.2 Å². The molecule has 6 heteroatoms. The van der Waals surface area contributed by atoms with Crippen LogP contribution in [0.3, 0.4) is 0 Å². The number of rotatable bonds is 11. The van der Waals surface area contributed by atoms with E-state index in [1.54, 1.807) is 19.5 Å². The highest BCUT2D eigenvalue weighted by molar-refractivity contribution is 7.99. The Balaban J connectivity index is 1.64. The Labute approximate surface area is 194 Å². The number of thioether (sulfide) groups is 1. The van der Waals surface area contributed by atoms with Gasteiger partial charge in [0.25, 0.3) is 0 Å². The Bertz CT molecular complexity index is 1140. The van der Waals surface area contributed by atoms with Gasteiger partial charge in [0.2, 0.25) is 0 Å². The average molecular weight is 447 g/mol. The normalized spacial score (nSPS) is 11.1. The van der Waals surface area contributed by atoms with E-state index in [-0.39, 0.29) is 0 Å². The van der Waals surface area contributed by atoms with Crippen LogP contribution in [0.4, 0.5) is 5.82 Å². The second kappa shape index (κ2) is 11.0. The Morgan fingerprint density at radius 3 is 2.75 bits per heavy atom. The summed E-state index contributed by atoms with van der Waals surface area (Å²) in [5.41, 5.74) is 4.04. The third-order valence-electron chi connectivity index (χ3n) is 5.43. The fourth-order valence-corrected chi connectivity index (χ4v) is 4.78. The van der Waals surface area contributed by atoms with Crippen LogP contribution < -0.4 is 10.1 Å². The van der Waals surface area contributed by atoms with Gasteiger partial charge in [-0.15, -0.1) is 11.8 Å². The monoisotopic (exact) mass is 446 g/mol. The summed E-state index contributed by atoms with van der Waals surface area (Å²) < 4.78 is 7.70. The quantitative estimate of drug-likeness (QED) is 0.205. The fourth-order valence-electron chi connectivity index (χ4n) is 3.71. The summed E-state index contributed by atoms with van der Waals surface area (Å²) in [6.07, 6.45) is 10.6. The second-order valence-electron chi connectivity index (χ2n) is 7.73. The smallest absolute Gasteiger partial charge is 0.157 e. The van der Waals surface area contributed by atoms with Crippen molar-refractivity contribution >= 4 is 23.2 Å². The molecule has 0 saturated heterocycles. The van der Waals surface area contributed by atoms with Gasteiger partial charge in [-0.1, -0.05) is 56.5 Å². The van der Waals surface area contributed by atoms with Gasteiger partial charge in [0, 0.05) is 24.5 Å². The SMILES string of the molecule is CCCCCCSc1cc(-c2nc3cnccn3c2NCc2ccccc2)ccc1OC. The van der Waals surface area contributed by atoms with Crippen LogP contribution in [0.25, 0.3) is 16.9 Å². The van der Waals surface area contributed by atoms with E-state index >= 15 is 0 Å². The number of anilines is 1. The van der Waals surface area contributed by atoms with Gasteiger partial charge >= 0.3 is 0 Å². The lowest BCUT2D eigenvalue weighted by Gasteiger charge is -2.12. The van der Waals surface area contributed by atoms with Gasteiger partial charge in [0.15, 0.2) is 5.65 Å². The van der Waals surface area contributed by atoms with Crippen LogP contribution in [0.15, 0.2) is 72.0 Å². The van der Waals surface area contributed by atoms with Crippen LogP contribution >= 0.6 is 11.8 Å². The fraction of sp³-hybridized carbons (Fsp3) is 0.308. The van der Waals surface area contributed by atoms with E-state index in [4.69, 9.17) is 9.72 Å². The topological polar surface area (TPSA) is 51.5 Å². The van der Waals surface area contributed by atoms with E-state index in [2.05, 4.69) is 58.0 Å². The molecule has 2 aromatic heterocycles. The van der Waals surface area contributed by atoms with Crippen LogP contribution in [-0.4, -0.2) is 27.2 Å². The third-order valence-corrected chi connectivity index (χ3v) is 6.55. The Kier molecular flexibility index (Phi) is 7.67. The van der Waals surface area contributed by atoms with E-state index in [1.165, 1.54) is 31.2 Å². The first-order chi connectivity index (χ1) is 15.8. The summed E-state index contributed by atoms with van der Waals surface area (Å²) in [6, 6.07) is 16.7. The van der Waals surface area contributed by atoms with Crippen LogP contribution in [-0.2, 0) is 6.54 Å². The largest absolute Gasteiger partial charge is 0.496 e. The number of unbranched alkanes of at least 4 members (excludes halogenated alkanes) is 3. The van der Waals surface area contributed by atoms with Crippen molar-refractivity contribution in [3.63, 3.8) is 0 Å². The number of methoxy groups -OCH3 is 1. The van der Waals surface area contributed by atoms with Crippen molar-refractivity contribution in [3.8, 4) is 17.0 Å². The molecule has 0 aliphatic heterocycles. The van der Waals surface area contributed by atoms with Crippen LogP contribution in [0.2, 0.25) is 0 Å². The molecule has 1 N–H and O–H groups in total. The Hall–Kier alpha value is -2.99. The lowest BCUT2D eigenvalue weighted by Crippen LogP contribution is -2.03. The number of hydrogen-bond acceptors (Lipinski definition) is 5. The molecule has 0 radical (unpaired) electrons. The van der Waals surface area contributed by atoms with Crippen LogP contribution in [0.5, 0.6) is 5.75 Å².